The fourth-order valence-electron chi connectivity index (χ4n) is 2.81. The van der Waals surface area contributed by atoms with Crippen molar-refractivity contribution in [3.8, 4) is 11.1 Å². The molecule has 0 bridgehead atoms. The minimum Gasteiger partial charge on any atom is -0.0587 e. The van der Waals surface area contributed by atoms with Crippen LogP contribution in [0.3, 0.4) is 0 Å². The standard InChI is InChI=1S/C16H18/c1-11(2)12-6-7-14-10-13-4-3-5-15(13)16(14)9-8-12/h6-11H,3-5H2,1-2H3. The fraction of sp³-hybridized carbons (Fsp3) is 0.375. The molecule has 0 atom stereocenters. The molecule has 0 nitrogen and oxygen atoms in total. The van der Waals surface area contributed by atoms with Gasteiger partial charge in [0.15, 0.2) is 0 Å². The van der Waals surface area contributed by atoms with Crippen LogP contribution in [0.5, 0.6) is 0 Å². The van der Waals surface area contributed by atoms with Crippen molar-refractivity contribution in [3.63, 3.8) is 0 Å². The molecule has 0 amide bonds. The number of fused-ring (bicyclic) bond motifs is 3. The summed E-state index contributed by atoms with van der Waals surface area (Å²) < 4.78 is 0. The van der Waals surface area contributed by atoms with E-state index >= 15 is 0 Å². The Kier molecular flexibility index (Phi) is 2.24. The van der Waals surface area contributed by atoms with Crippen molar-refractivity contribution in [1.82, 2.24) is 0 Å². The molecule has 0 unspecified atom stereocenters. The first kappa shape index (κ1) is 9.89. The van der Waals surface area contributed by atoms with Gasteiger partial charge in [-0.05, 0) is 53.0 Å². The molecule has 16 heavy (non-hydrogen) atoms. The Morgan fingerprint density at radius 3 is 2.62 bits per heavy atom. The molecule has 3 aliphatic carbocycles. The molecule has 0 saturated heterocycles. The van der Waals surface area contributed by atoms with Crippen LogP contribution in [-0.2, 0) is 12.8 Å². The van der Waals surface area contributed by atoms with Gasteiger partial charge in [0.2, 0.25) is 0 Å². The molecule has 3 rings (SSSR count). The van der Waals surface area contributed by atoms with Gasteiger partial charge in [0.1, 0.15) is 0 Å². The second-order valence-corrected chi connectivity index (χ2v) is 5.19. The van der Waals surface area contributed by atoms with Crippen molar-refractivity contribution in [1.29, 1.82) is 0 Å². The van der Waals surface area contributed by atoms with E-state index in [-0.39, 0.29) is 0 Å². The molecule has 0 heterocycles. The zero-order valence-electron chi connectivity index (χ0n) is 10.1. The molecule has 3 aliphatic rings. The van der Waals surface area contributed by atoms with Crippen molar-refractivity contribution in [2.45, 2.75) is 39.0 Å². The number of hydrogen-bond donors (Lipinski definition) is 0. The summed E-state index contributed by atoms with van der Waals surface area (Å²) in [6.45, 7) is 4.51. The van der Waals surface area contributed by atoms with Crippen molar-refractivity contribution >= 4 is 0 Å². The minimum atomic E-state index is 0.615. The summed E-state index contributed by atoms with van der Waals surface area (Å²) in [5, 5.41) is 0. The maximum absolute atomic E-state index is 2.39. The monoisotopic (exact) mass is 210 g/mol. The van der Waals surface area contributed by atoms with Gasteiger partial charge in [-0.15, -0.1) is 0 Å². The molecule has 0 aromatic rings. The van der Waals surface area contributed by atoms with E-state index in [2.05, 4.69) is 44.2 Å². The molecular formula is C16H18. The molecule has 0 radical (unpaired) electrons. The highest BCUT2D eigenvalue weighted by Crippen LogP contribution is 2.37. The maximum Gasteiger partial charge on any atom is -0.0149 e. The summed E-state index contributed by atoms with van der Waals surface area (Å²) >= 11 is 0. The average Bonchev–Trinajstić information content (AvgIpc) is 2.73. The molecule has 0 heteroatoms. The van der Waals surface area contributed by atoms with Crippen LogP contribution in [0.1, 0.15) is 42.9 Å². The summed E-state index contributed by atoms with van der Waals surface area (Å²) in [6.07, 6.45) is 3.90. The van der Waals surface area contributed by atoms with Crippen LogP contribution in [0.4, 0.5) is 0 Å². The summed E-state index contributed by atoms with van der Waals surface area (Å²) in [5.41, 5.74) is 7.55. The Balaban J connectivity index is 2.18. The van der Waals surface area contributed by atoms with E-state index in [0.717, 1.165) is 0 Å². The van der Waals surface area contributed by atoms with Gasteiger partial charge >= 0.3 is 0 Å². The van der Waals surface area contributed by atoms with Gasteiger partial charge in [-0.2, -0.15) is 0 Å². The highest BCUT2D eigenvalue weighted by molar-refractivity contribution is 5.74. The zero-order chi connectivity index (χ0) is 11.1. The van der Waals surface area contributed by atoms with Gasteiger partial charge < -0.3 is 0 Å². The molecule has 0 aromatic heterocycles. The second-order valence-electron chi connectivity index (χ2n) is 5.19. The molecule has 0 spiro atoms. The molecule has 0 aromatic carbocycles. The summed E-state index contributed by atoms with van der Waals surface area (Å²) in [6, 6.07) is 11.6. The van der Waals surface area contributed by atoms with Crippen molar-refractivity contribution in [2.24, 2.45) is 0 Å². The van der Waals surface area contributed by atoms with E-state index in [9.17, 15) is 0 Å². The van der Waals surface area contributed by atoms with Crippen LogP contribution >= 0.6 is 0 Å². The third-order valence-electron chi connectivity index (χ3n) is 3.79. The predicted octanol–water partition coefficient (Wildman–Crippen LogP) is 4.40. The van der Waals surface area contributed by atoms with E-state index < -0.39 is 0 Å². The van der Waals surface area contributed by atoms with Gasteiger partial charge in [0.25, 0.3) is 0 Å². The van der Waals surface area contributed by atoms with Crippen LogP contribution in [-0.4, -0.2) is 0 Å². The van der Waals surface area contributed by atoms with E-state index in [1.54, 1.807) is 11.1 Å². The molecule has 0 saturated carbocycles. The van der Waals surface area contributed by atoms with E-state index in [0.29, 0.717) is 5.92 Å². The van der Waals surface area contributed by atoms with E-state index in [1.807, 2.05) is 0 Å². The Labute approximate surface area is 97.7 Å². The second kappa shape index (κ2) is 3.62. The Morgan fingerprint density at radius 2 is 1.81 bits per heavy atom. The molecule has 0 fully saturated rings. The lowest BCUT2D eigenvalue weighted by atomic mass is 10.1. The first-order valence-electron chi connectivity index (χ1n) is 6.30. The van der Waals surface area contributed by atoms with Crippen LogP contribution in [0.25, 0.3) is 11.1 Å². The maximum atomic E-state index is 2.39. The highest BCUT2D eigenvalue weighted by Gasteiger charge is 2.19. The smallest absolute Gasteiger partial charge is 0.0149 e. The van der Waals surface area contributed by atoms with Crippen molar-refractivity contribution < 1.29 is 0 Å². The van der Waals surface area contributed by atoms with Gasteiger partial charge in [-0.3, -0.25) is 0 Å². The third kappa shape index (κ3) is 1.44. The van der Waals surface area contributed by atoms with Crippen molar-refractivity contribution in [2.75, 3.05) is 0 Å². The lowest BCUT2D eigenvalue weighted by molar-refractivity contribution is 0.868. The first-order chi connectivity index (χ1) is 7.75. The quantitative estimate of drug-likeness (QED) is 0.654. The minimum absolute atomic E-state index is 0.615. The van der Waals surface area contributed by atoms with E-state index in [1.165, 1.54) is 36.0 Å². The summed E-state index contributed by atoms with van der Waals surface area (Å²) in [4.78, 5) is 0. The largest absolute Gasteiger partial charge is 0.0587 e. The zero-order valence-corrected chi connectivity index (χ0v) is 10.1. The molecule has 0 aliphatic heterocycles. The lowest BCUT2D eigenvalue weighted by Gasteiger charge is -1.99. The number of rotatable bonds is 1. The van der Waals surface area contributed by atoms with Crippen molar-refractivity contribution in [3.05, 3.63) is 47.0 Å². The Bertz CT molecular complexity index is 494. The van der Waals surface area contributed by atoms with Gasteiger partial charge in [0.05, 0.1) is 0 Å². The Hall–Kier alpha value is -1.30. The van der Waals surface area contributed by atoms with Crippen LogP contribution < -0.4 is 0 Å². The highest BCUT2D eigenvalue weighted by atomic mass is 14.2. The normalized spacial score (nSPS) is 14.7. The van der Waals surface area contributed by atoms with Crippen LogP contribution in [0.2, 0.25) is 0 Å². The molecule has 0 N–H and O–H groups in total. The SMILES string of the molecule is CC(C)c1ccc2cc3c(c-2cc1)CCC3. The van der Waals surface area contributed by atoms with Crippen LogP contribution in [0, 0.1) is 0 Å². The average molecular weight is 210 g/mol. The summed E-state index contributed by atoms with van der Waals surface area (Å²) in [5.74, 6) is 0.615. The fourth-order valence-corrected chi connectivity index (χ4v) is 2.81. The van der Waals surface area contributed by atoms with Gasteiger partial charge in [0, 0.05) is 0 Å². The summed E-state index contributed by atoms with van der Waals surface area (Å²) in [7, 11) is 0. The van der Waals surface area contributed by atoms with Gasteiger partial charge in [-0.1, -0.05) is 44.2 Å². The Morgan fingerprint density at radius 1 is 1.00 bits per heavy atom. The number of hydrogen-bond acceptors (Lipinski definition) is 0. The predicted molar refractivity (Wildman–Crippen MR) is 69.2 cm³/mol. The van der Waals surface area contributed by atoms with E-state index in [4.69, 9.17) is 0 Å². The molecule has 82 valence electrons. The van der Waals surface area contributed by atoms with Gasteiger partial charge in [-0.25, -0.2) is 0 Å². The third-order valence-corrected chi connectivity index (χ3v) is 3.79. The van der Waals surface area contributed by atoms with Crippen LogP contribution in [0.15, 0.2) is 30.3 Å². The molecular weight excluding hydrogens is 192 g/mol. The topological polar surface area (TPSA) is 0 Å². The first-order valence-corrected chi connectivity index (χ1v) is 6.30. The lowest BCUT2D eigenvalue weighted by Crippen LogP contribution is -1.81. The number of aryl methyl sites for hydroxylation is 1.